The quantitative estimate of drug-likeness (QED) is 0.861. The van der Waals surface area contributed by atoms with Gasteiger partial charge in [0.15, 0.2) is 0 Å². The first kappa shape index (κ1) is 11.7. The van der Waals surface area contributed by atoms with Crippen molar-refractivity contribution in [3.8, 4) is 6.07 Å². The molecule has 18 heavy (non-hydrogen) atoms. The lowest BCUT2D eigenvalue weighted by atomic mass is 9.94. The van der Waals surface area contributed by atoms with Crippen LogP contribution >= 0.6 is 0 Å². The molecule has 0 aromatic carbocycles. The van der Waals surface area contributed by atoms with E-state index in [-0.39, 0.29) is 5.54 Å². The van der Waals surface area contributed by atoms with Gasteiger partial charge in [-0.05, 0) is 45.4 Å². The Morgan fingerprint density at radius 3 is 2.61 bits per heavy atom. The van der Waals surface area contributed by atoms with E-state index >= 15 is 0 Å². The van der Waals surface area contributed by atoms with Crippen molar-refractivity contribution in [2.75, 3.05) is 0 Å². The number of hydrogen-bond acceptors (Lipinski definition) is 3. The molecule has 96 valence electrons. The zero-order valence-electron chi connectivity index (χ0n) is 11.1. The lowest BCUT2D eigenvalue weighted by Crippen LogP contribution is -2.50. The molecule has 0 spiro atoms. The molecule has 2 aliphatic rings. The highest BCUT2D eigenvalue weighted by molar-refractivity contribution is 5.19. The fraction of sp³-hybridized carbons (Fsp3) is 0.714. The third-order valence-corrected chi connectivity index (χ3v) is 4.28. The topological polar surface area (TPSA) is 53.6 Å². The van der Waals surface area contributed by atoms with Crippen LogP contribution in [0.3, 0.4) is 0 Å². The average molecular weight is 244 g/mol. The molecule has 0 bridgehead atoms. The van der Waals surface area contributed by atoms with E-state index in [1.807, 2.05) is 13.3 Å². The van der Waals surface area contributed by atoms with Crippen LogP contribution in [0, 0.1) is 31.1 Å². The van der Waals surface area contributed by atoms with E-state index in [9.17, 15) is 5.26 Å². The zero-order valence-corrected chi connectivity index (χ0v) is 11.1. The second kappa shape index (κ2) is 4.10. The van der Waals surface area contributed by atoms with Gasteiger partial charge < -0.3 is 4.57 Å². The largest absolute Gasteiger partial charge is 0.332 e. The van der Waals surface area contributed by atoms with Crippen LogP contribution in [-0.4, -0.2) is 21.1 Å². The molecular weight excluding hydrogens is 224 g/mol. The minimum atomic E-state index is -0.376. The van der Waals surface area contributed by atoms with Gasteiger partial charge in [0, 0.05) is 11.7 Å². The van der Waals surface area contributed by atoms with Crippen LogP contribution < -0.4 is 5.32 Å². The Bertz CT molecular complexity index is 490. The van der Waals surface area contributed by atoms with Gasteiger partial charge in [0.2, 0.25) is 0 Å². The molecule has 1 N–H and O–H groups in total. The van der Waals surface area contributed by atoms with E-state index in [1.54, 1.807) is 0 Å². The van der Waals surface area contributed by atoms with E-state index in [0.717, 1.165) is 12.2 Å². The molecule has 0 radical (unpaired) electrons. The molecular formula is C14H20N4. The fourth-order valence-corrected chi connectivity index (χ4v) is 2.59. The second-order valence-corrected chi connectivity index (χ2v) is 5.82. The molecule has 2 aliphatic carbocycles. The monoisotopic (exact) mass is 244 g/mol. The van der Waals surface area contributed by atoms with Gasteiger partial charge in [0.05, 0.1) is 24.6 Å². The third kappa shape index (κ3) is 2.04. The lowest BCUT2D eigenvalue weighted by molar-refractivity contribution is 0.312. The number of rotatable bonds is 5. The number of hydrogen-bond donors (Lipinski definition) is 1. The Labute approximate surface area is 108 Å². The van der Waals surface area contributed by atoms with E-state index in [1.165, 1.54) is 31.4 Å². The van der Waals surface area contributed by atoms with Crippen molar-refractivity contribution in [2.24, 2.45) is 5.92 Å². The maximum Gasteiger partial charge on any atom is 0.127 e. The first-order valence-corrected chi connectivity index (χ1v) is 6.82. The van der Waals surface area contributed by atoms with Gasteiger partial charge in [-0.1, -0.05) is 0 Å². The van der Waals surface area contributed by atoms with E-state index in [4.69, 9.17) is 0 Å². The van der Waals surface area contributed by atoms with Crippen LogP contribution in [0.15, 0.2) is 6.33 Å². The molecule has 1 aromatic heterocycles. The molecule has 2 saturated carbocycles. The second-order valence-electron chi connectivity index (χ2n) is 5.82. The van der Waals surface area contributed by atoms with Gasteiger partial charge in [-0.2, -0.15) is 5.26 Å². The third-order valence-electron chi connectivity index (χ3n) is 4.28. The number of imidazole rings is 1. The Morgan fingerprint density at radius 2 is 2.17 bits per heavy atom. The minimum absolute atomic E-state index is 0.376. The summed E-state index contributed by atoms with van der Waals surface area (Å²) in [7, 11) is 0. The molecule has 0 aliphatic heterocycles. The maximum absolute atomic E-state index is 9.68. The molecule has 2 fully saturated rings. The summed E-state index contributed by atoms with van der Waals surface area (Å²) in [6, 6.07) is 3.14. The standard InChI is InChI=1S/C14H20N4/c1-10-11(2)18(9-16-10)8-14(7-15,12-3-4-12)17-13-5-6-13/h9,12-13,17H,3-6,8H2,1-2H3. The van der Waals surface area contributed by atoms with Crippen molar-refractivity contribution in [1.82, 2.24) is 14.9 Å². The van der Waals surface area contributed by atoms with Crippen LogP contribution in [0.4, 0.5) is 0 Å². The van der Waals surface area contributed by atoms with Gasteiger partial charge in [-0.3, -0.25) is 5.32 Å². The van der Waals surface area contributed by atoms with Crippen molar-refractivity contribution in [1.29, 1.82) is 5.26 Å². The van der Waals surface area contributed by atoms with Crippen molar-refractivity contribution in [2.45, 2.75) is 57.7 Å². The summed E-state index contributed by atoms with van der Waals surface area (Å²) < 4.78 is 2.13. The van der Waals surface area contributed by atoms with Gasteiger partial charge in [-0.25, -0.2) is 4.98 Å². The lowest BCUT2D eigenvalue weighted by Gasteiger charge is -2.29. The summed E-state index contributed by atoms with van der Waals surface area (Å²) in [5, 5.41) is 13.3. The van der Waals surface area contributed by atoms with Crippen LogP contribution in [0.2, 0.25) is 0 Å². The highest BCUT2D eigenvalue weighted by Crippen LogP contribution is 2.42. The Kier molecular flexibility index (Phi) is 2.67. The van der Waals surface area contributed by atoms with E-state index < -0.39 is 0 Å². The summed E-state index contributed by atoms with van der Waals surface area (Å²) >= 11 is 0. The molecule has 4 nitrogen and oxygen atoms in total. The van der Waals surface area contributed by atoms with Crippen LogP contribution in [-0.2, 0) is 6.54 Å². The van der Waals surface area contributed by atoms with E-state index in [0.29, 0.717) is 12.0 Å². The molecule has 0 amide bonds. The Balaban J connectivity index is 1.84. The highest BCUT2D eigenvalue weighted by Gasteiger charge is 2.48. The first-order chi connectivity index (χ1) is 8.64. The smallest absolute Gasteiger partial charge is 0.127 e. The van der Waals surface area contributed by atoms with Crippen molar-refractivity contribution in [3.05, 3.63) is 17.7 Å². The van der Waals surface area contributed by atoms with Gasteiger partial charge in [0.1, 0.15) is 5.54 Å². The van der Waals surface area contributed by atoms with Gasteiger partial charge >= 0.3 is 0 Å². The van der Waals surface area contributed by atoms with Crippen molar-refractivity contribution < 1.29 is 0 Å². The van der Waals surface area contributed by atoms with E-state index in [2.05, 4.69) is 27.9 Å². The fourth-order valence-electron chi connectivity index (χ4n) is 2.59. The number of nitrogens with one attached hydrogen (secondary N) is 1. The predicted octanol–water partition coefficient (Wildman–Crippen LogP) is 1.92. The summed E-state index contributed by atoms with van der Waals surface area (Å²) in [6.07, 6.45) is 6.67. The molecule has 1 unspecified atom stereocenters. The van der Waals surface area contributed by atoms with Gasteiger partial charge in [-0.15, -0.1) is 0 Å². The predicted molar refractivity (Wildman–Crippen MR) is 68.9 cm³/mol. The number of nitriles is 1. The zero-order chi connectivity index (χ0) is 12.8. The molecule has 0 saturated heterocycles. The number of aromatic nitrogens is 2. The number of aryl methyl sites for hydroxylation is 1. The first-order valence-electron chi connectivity index (χ1n) is 6.82. The summed E-state index contributed by atoms with van der Waals surface area (Å²) in [6.45, 7) is 4.83. The highest BCUT2D eigenvalue weighted by atomic mass is 15.1. The molecule has 1 atom stereocenters. The van der Waals surface area contributed by atoms with Crippen LogP contribution in [0.25, 0.3) is 0 Å². The summed E-state index contributed by atoms with van der Waals surface area (Å²) in [5.74, 6) is 0.519. The van der Waals surface area contributed by atoms with Gasteiger partial charge in [0.25, 0.3) is 0 Å². The molecule has 1 aromatic rings. The number of nitrogens with zero attached hydrogens (tertiary/aromatic N) is 3. The Morgan fingerprint density at radius 1 is 1.44 bits per heavy atom. The average Bonchev–Trinajstić information content (AvgIpc) is 3.25. The summed E-state index contributed by atoms with van der Waals surface area (Å²) in [5.41, 5.74) is 1.86. The molecule has 1 heterocycles. The SMILES string of the molecule is Cc1ncn(CC(C#N)(NC2CC2)C2CC2)c1C. The van der Waals surface area contributed by atoms with Crippen molar-refractivity contribution >= 4 is 0 Å². The van der Waals surface area contributed by atoms with Crippen molar-refractivity contribution in [3.63, 3.8) is 0 Å². The Hall–Kier alpha value is -1.34. The molecule has 3 rings (SSSR count). The summed E-state index contributed by atoms with van der Waals surface area (Å²) in [4.78, 5) is 4.33. The minimum Gasteiger partial charge on any atom is -0.332 e. The molecule has 4 heteroatoms. The van der Waals surface area contributed by atoms with Crippen LogP contribution in [0.1, 0.15) is 37.1 Å². The normalized spacial score (nSPS) is 22.5. The maximum atomic E-state index is 9.68. The van der Waals surface area contributed by atoms with Crippen LogP contribution in [0.5, 0.6) is 0 Å².